The number of nitrogens with two attached hydrogens (primary N) is 1. The minimum atomic E-state index is -0.630. The molecule has 1 aromatic carbocycles. The Kier molecular flexibility index (Phi) is 4.13. The standard InChI is InChI=1S/C14H18N2O3S/c1-18-10-4-3-9(11(7-10)19-2)8-16-13(17)14(5-6-14)12(15)20/h3-4,7H,5-6,8H2,1-2H3,(H2,15,20)(H,16,17). The van der Waals surface area contributed by atoms with Gasteiger partial charge in [0.25, 0.3) is 0 Å². The molecule has 0 atom stereocenters. The van der Waals surface area contributed by atoms with Crippen molar-refractivity contribution in [1.29, 1.82) is 0 Å². The van der Waals surface area contributed by atoms with E-state index in [2.05, 4.69) is 5.32 Å². The molecule has 3 N–H and O–H groups in total. The van der Waals surface area contributed by atoms with Gasteiger partial charge in [-0.15, -0.1) is 0 Å². The van der Waals surface area contributed by atoms with Gasteiger partial charge in [0.15, 0.2) is 0 Å². The van der Waals surface area contributed by atoms with Crippen LogP contribution in [0.3, 0.4) is 0 Å². The Balaban J connectivity index is 2.04. The second-order valence-electron chi connectivity index (χ2n) is 4.81. The van der Waals surface area contributed by atoms with Crippen molar-refractivity contribution in [1.82, 2.24) is 5.32 Å². The van der Waals surface area contributed by atoms with Gasteiger partial charge >= 0.3 is 0 Å². The Labute approximate surface area is 123 Å². The van der Waals surface area contributed by atoms with Crippen molar-refractivity contribution in [2.45, 2.75) is 19.4 Å². The summed E-state index contributed by atoms with van der Waals surface area (Å²) in [5.41, 5.74) is 5.87. The predicted molar refractivity (Wildman–Crippen MR) is 79.8 cm³/mol. The van der Waals surface area contributed by atoms with Crippen molar-refractivity contribution in [2.24, 2.45) is 11.1 Å². The van der Waals surface area contributed by atoms with E-state index in [4.69, 9.17) is 27.4 Å². The quantitative estimate of drug-likeness (QED) is 0.776. The van der Waals surface area contributed by atoms with Gasteiger partial charge in [0, 0.05) is 18.2 Å². The van der Waals surface area contributed by atoms with Crippen molar-refractivity contribution in [3.05, 3.63) is 23.8 Å². The molecule has 0 radical (unpaired) electrons. The Morgan fingerprint density at radius 2 is 2.10 bits per heavy atom. The first kappa shape index (κ1) is 14.6. The SMILES string of the molecule is COc1ccc(CNC(=O)C2(C(N)=S)CC2)c(OC)c1. The van der Waals surface area contributed by atoms with Crippen LogP contribution in [0.25, 0.3) is 0 Å². The lowest BCUT2D eigenvalue weighted by molar-refractivity contribution is -0.124. The summed E-state index contributed by atoms with van der Waals surface area (Å²) in [6, 6.07) is 5.46. The molecule has 6 heteroatoms. The molecule has 0 aromatic heterocycles. The second kappa shape index (κ2) is 5.66. The van der Waals surface area contributed by atoms with Crippen molar-refractivity contribution in [3.63, 3.8) is 0 Å². The number of hydrogen-bond acceptors (Lipinski definition) is 4. The van der Waals surface area contributed by atoms with E-state index in [0.717, 1.165) is 18.4 Å². The number of methoxy groups -OCH3 is 2. The van der Waals surface area contributed by atoms with Crippen molar-refractivity contribution in [2.75, 3.05) is 14.2 Å². The van der Waals surface area contributed by atoms with Gasteiger partial charge in [0.2, 0.25) is 5.91 Å². The lowest BCUT2D eigenvalue weighted by Crippen LogP contribution is -2.39. The zero-order chi connectivity index (χ0) is 14.8. The van der Waals surface area contributed by atoms with Crippen LogP contribution in [-0.4, -0.2) is 25.1 Å². The average Bonchev–Trinajstić information content (AvgIpc) is 3.26. The molecule has 0 saturated heterocycles. The average molecular weight is 294 g/mol. The number of rotatable bonds is 6. The minimum absolute atomic E-state index is 0.108. The van der Waals surface area contributed by atoms with Crippen LogP contribution in [0.4, 0.5) is 0 Å². The maximum atomic E-state index is 12.1. The van der Waals surface area contributed by atoms with Gasteiger partial charge in [-0.05, 0) is 25.0 Å². The summed E-state index contributed by atoms with van der Waals surface area (Å²) < 4.78 is 10.4. The fraction of sp³-hybridized carbons (Fsp3) is 0.429. The largest absolute Gasteiger partial charge is 0.497 e. The van der Waals surface area contributed by atoms with Crippen LogP contribution in [-0.2, 0) is 11.3 Å². The predicted octanol–water partition coefficient (Wildman–Crippen LogP) is 1.39. The third-order valence-corrected chi connectivity index (χ3v) is 3.98. The Bertz CT molecular complexity index is 541. The van der Waals surface area contributed by atoms with E-state index < -0.39 is 5.41 Å². The van der Waals surface area contributed by atoms with Gasteiger partial charge in [-0.3, -0.25) is 4.79 Å². The number of thiocarbonyl (C=S) groups is 1. The van der Waals surface area contributed by atoms with Crippen LogP contribution in [0.5, 0.6) is 11.5 Å². The van der Waals surface area contributed by atoms with E-state index in [1.165, 1.54) is 0 Å². The summed E-state index contributed by atoms with van der Waals surface area (Å²) in [6.07, 6.45) is 1.46. The van der Waals surface area contributed by atoms with Crippen LogP contribution in [0, 0.1) is 5.41 Å². The highest BCUT2D eigenvalue weighted by Gasteiger charge is 2.52. The van der Waals surface area contributed by atoms with Crippen molar-refractivity contribution < 1.29 is 14.3 Å². The van der Waals surface area contributed by atoms with Gasteiger partial charge < -0.3 is 20.5 Å². The zero-order valence-corrected chi connectivity index (χ0v) is 12.4. The monoisotopic (exact) mass is 294 g/mol. The molecule has 0 unspecified atom stereocenters. The van der Waals surface area contributed by atoms with E-state index in [0.29, 0.717) is 18.0 Å². The highest BCUT2D eigenvalue weighted by atomic mass is 32.1. The van der Waals surface area contributed by atoms with Gasteiger partial charge in [0.05, 0.1) is 24.6 Å². The highest BCUT2D eigenvalue weighted by Crippen LogP contribution is 2.46. The summed E-state index contributed by atoms with van der Waals surface area (Å²) in [7, 11) is 3.17. The Morgan fingerprint density at radius 3 is 2.60 bits per heavy atom. The zero-order valence-electron chi connectivity index (χ0n) is 11.6. The molecule has 1 aliphatic rings. The topological polar surface area (TPSA) is 73.6 Å². The van der Waals surface area contributed by atoms with Crippen molar-refractivity contribution in [3.8, 4) is 11.5 Å². The van der Waals surface area contributed by atoms with E-state index in [9.17, 15) is 4.79 Å². The lowest BCUT2D eigenvalue weighted by Gasteiger charge is -2.15. The first-order valence-corrected chi connectivity index (χ1v) is 6.73. The van der Waals surface area contributed by atoms with Crippen LogP contribution < -0.4 is 20.5 Å². The van der Waals surface area contributed by atoms with Gasteiger partial charge in [-0.25, -0.2) is 0 Å². The van der Waals surface area contributed by atoms with E-state index >= 15 is 0 Å². The smallest absolute Gasteiger partial charge is 0.233 e. The molecule has 1 aromatic rings. The van der Waals surface area contributed by atoms with Crippen LogP contribution >= 0.6 is 12.2 Å². The van der Waals surface area contributed by atoms with Crippen LogP contribution in [0.2, 0.25) is 0 Å². The number of ether oxygens (including phenoxy) is 2. The van der Waals surface area contributed by atoms with E-state index in [1.807, 2.05) is 12.1 Å². The maximum absolute atomic E-state index is 12.1. The summed E-state index contributed by atoms with van der Waals surface area (Å²) in [4.78, 5) is 12.4. The number of benzene rings is 1. The molecule has 20 heavy (non-hydrogen) atoms. The maximum Gasteiger partial charge on any atom is 0.233 e. The molecule has 0 aliphatic heterocycles. The molecular weight excluding hydrogens is 276 g/mol. The molecule has 0 bridgehead atoms. The summed E-state index contributed by atoms with van der Waals surface area (Å²) in [5, 5.41) is 2.87. The molecule has 0 spiro atoms. The summed E-state index contributed by atoms with van der Waals surface area (Å²) >= 11 is 4.96. The second-order valence-corrected chi connectivity index (χ2v) is 5.25. The molecule has 108 valence electrons. The number of carbonyl (C=O) groups excluding carboxylic acids is 1. The highest BCUT2D eigenvalue weighted by molar-refractivity contribution is 7.80. The van der Waals surface area contributed by atoms with Crippen LogP contribution in [0.15, 0.2) is 18.2 Å². The first-order valence-electron chi connectivity index (χ1n) is 6.32. The van der Waals surface area contributed by atoms with E-state index in [-0.39, 0.29) is 10.9 Å². The summed E-state index contributed by atoms with van der Waals surface area (Å²) in [5.74, 6) is 1.27. The molecule has 0 heterocycles. The van der Waals surface area contributed by atoms with Gasteiger partial charge in [0.1, 0.15) is 11.5 Å². The number of hydrogen-bond donors (Lipinski definition) is 2. The van der Waals surface area contributed by atoms with Gasteiger partial charge in [-0.2, -0.15) is 0 Å². The number of amides is 1. The minimum Gasteiger partial charge on any atom is -0.497 e. The fourth-order valence-corrected chi connectivity index (χ4v) is 2.35. The summed E-state index contributed by atoms with van der Waals surface area (Å²) in [6.45, 7) is 0.371. The molecule has 2 rings (SSSR count). The number of carbonyl (C=O) groups is 1. The molecule has 1 aliphatic carbocycles. The molecular formula is C14H18N2O3S. The Hall–Kier alpha value is -1.82. The van der Waals surface area contributed by atoms with Gasteiger partial charge in [-0.1, -0.05) is 12.2 Å². The molecule has 5 nitrogen and oxygen atoms in total. The molecule has 1 saturated carbocycles. The van der Waals surface area contributed by atoms with E-state index in [1.54, 1.807) is 20.3 Å². The Morgan fingerprint density at radius 1 is 1.40 bits per heavy atom. The first-order chi connectivity index (χ1) is 9.53. The third kappa shape index (κ3) is 2.70. The number of nitrogens with one attached hydrogen (secondary N) is 1. The third-order valence-electron chi connectivity index (χ3n) is 3.59. The lowest BCUT2D eigenvalue weighted by atomic mass is 10.1. The van der Waals surface area contributed by atoms with Crippen molar-refractivity contribution >= 4 is 23.1 Å². The fourth-order valence-electron chi connectivity index (χ4n) is 2.05. The molecule has 1 fully saturated rings. The van der Waals surface area contributed by atoms with Crippen LogP contribution in [0.1, 0.15) is 18.4 Å². The normalized spacial score (nSPS) is 15.3. The molecule has 1 amide bonds.